The average Bonchev–Trinajstić information content (AvgIpc) is 2.46. The topological polar surface area (TPSA) is 63.8 Å². The molecule has 4 heteroatoms. The summed E-state index contributed by atoms with van der Waals surface area (Å²) in [5.41, 5.74) is 6.89. The Balaban J connectivity index is 3.08. The normalized spacial score (nSPS) is 13.1. The third-order valence-corrected chi connectivity index (χ3v) is 2.56. The SMILES string of the molecule is CCCc1[nH]n(C(C)CC)c(=O)c1N. The maximum atomic E-state index is 11.7. The predicted molar refractivity (Wildman–Crippen MR) is 58.5 cm³/mol. The highest BCUT2D eigenvalue weighted by atomic mass is 16.1. The van der Waals surface area contributed by atoms with E-state index in [2.05, 4.69) is 12.0 Å². The number of rotatable bonds is 4. The highest BCUT2D eigenvalue weighted by Crippen LogP contribution is 2.11. The second-order valence-corrected chi connectivity index (χ2v) is 3.69. The summed E-state index contributed by atoms with van der Waals surface area (Å²) in [6.07, 6.45) is 2.75. The van der Waals surface area contributed by atoms with Crippen LogP contribution < -0.4 is 11.3 Å². The minimum absolute atomic E-state index is 0.0807. The third kappa shape index (κ3) is 1.84. The molecule has 1 aromatic rings. The molecule has 0 saturated carbocycles. The molecule has 0 bridgehead atoms. The lowest BCUT2D eigenvalue weighted by molar-refractivity contribution is 0.461. The molecule has 14 heavy (non-hydrogen) atoms. The van der Waals surface area contributed by atoms with Gasteiger partial charge in [0.2, 0.25) is 0 Å². The largest absolute Gasteiger partial charge is 0.393 e. The zero-order valence-electron chi connectivity index (χ0n) is 9.13. The van der Waals surface area contributed by atoms with E-state index >= 15 is 0 Å². The molecule has 0 aliphatic heterocycles. The van der Waals surface area contributed by atoms with Gasteiger partial charge in [0.25, 0.3) is 5.56 Å². The van der Waals surface area contributed by atoms with Crippen molar-refractivity contribution in [3.05, 3.63) is 16.0 Å². The lowest BCUT2D eigenvalue weighted by Gasteiger charge is -2.08. The van der Waals surface area contributed by atoms with Crippen molar-refractivity contribution in [3.8, 4) is 0 Å². The minimum atomic E-state index is -0.0807. The monoisotopic (exact) mass is 197 g/mol. The highest BCUT2D eigenvalue weighted by molar-refractivity contribution is 5.40. The number of anilines is 1. The summed E-state index contributed by atoms with van der Waals surface area (Å²) >= 11 is 0. The first kappa shape index (κ1) is 10.9. The summed E-state index contributed by atoms with van der Waals surface area (Å²) in [5, 5.41) is 3.08. The van der Waals surface area contributed by atoms with E-state index < -0.39 is 0 Å². The molecule has 0 aromatic carbocycles. The molecule has 1 heterocycles. The van der Waals surface area contributed by atoms with E-state index in [-0.39, 0.29) is 11.6 Å². The van der Waals surface area contributed by atoms with Crippen LogP contribution in [0.25, 0.3) is 0 Å². The molecule has 1 aromatic heterocycles. The minimum Gasteiger partial charge on any atom is -0.393 e. The van der Waals surface area contributed by atoms with Crippen LogP contribution in [0, 0.1) is 0 Å². The smallest absolute Gasteiger partial charge is 0.290 e. The molecule has 0 amide bonds. The first-order valence-corrected chi connectivity index (χ1v) is 5.20. The Hall–Kier alpha value is -1.19. The molecule has 1 rings (SSSR count). The number of nitrogens with two attached hydrogens (primary N) is 1. The number of aromatic nitrogens is 2. The number of aryl methyl sites for hydroxylation is 1. The van der Waals surface area contributed by atoms with E-state index in [0.717, 1.165) is 25.0 Å². The molecule has 0 spiro atoms. The van der Waals surface area contributed by atoms with Crippen LogP contribution in [0.1, 0.15) is 45.3 Å². The molecule has 1 atom stereocenters. The standard InChI is InChI=1S/C10H19N3O/c1-4-6-8-9(11)10(14)13(12-8)7(3)5-2/h7,12H,4-6,11H2,1-3H3. The number of hydrogen-bond donors (Lipinski definition) is 2. The zero-order chi connectivity index (χ0) is 10.7. The summed E-state index contributed by atoms with van der Waals surface area (Å²) in [7, 11) is 0. The Morgan fingerprint density at radius 1 is 1.50 bits per heavy atom. The summed E-state index contributed by atoms with van der Waals surface area (Å²) in [6, 6.07) is 0.190. The van der Waals surface area contributed by atoms with Crippen molar-refractivity contribution >= 4 is 5.69 Å². The van der Waals surface area contributed by atoms with Crippen LogP contribution in [0.3, 0.4) is 0 Å². The van der Waals surface area contributed by atoms with Gasteiger partial charge in [0, 0.05) is 0 Å². The molecular weight excluding hydrogens is 178 g/mol. The van der Waals surface area contributed by atoms with Crippen LogP contribution in [-0.4, -0.2) is 9.78 Å². The molecule has 0 saturated heterocycles. The Kier molecular flexibility index (Phi) is 3.38. The Morgan fingerprint density at radius 3 is 2.64 bits per heavy atom. The molecule has 0 aliphatic rings. The Bertz CT molecular complexity index is 351. The van der Waals surface area contributed by atoms with Gasteiger partial charge in [0.15, 0.2) is 0 Å². The summed E-state index contributed by atoms with van der Waals surface area (Å²) < 4.78 is 1.63. The summed E-state index contributed by atoms with van der Waals surface area (Å²) in [6.45, 7) is 6.12. The van der Waals surface area contributed by atoms with E-state index in [1.54, 1.807) is 4.68 Å². The zero-order valence-corrected chi connectivity index (χ0v) is 9.13. The van der Waals surface area contributed by atoms with Crippen LogP contribution in [0.5, 0.6) is 0 Å². The van der Waals surface area contributed by atoms with Crippen molar-refractivity contribution in [2.75, 3.05) is 5.73 Å². The van der Waals surface area contributed by atoms with E-state index in [4.69, 9.17) is 5.73 Å². The number of hydrogen-bond acceptors (Lipinski definition) is 2. The van der Waals surface area contributed by atoms with E-state index in [1.807, 2.05) is 13.8 Å². The van der Waals surface area contributed by atoms with Gasteiger partial charge in [0.05, 0.1) is 11.7 Å². The van der Waals surface area contributed by atoms with Gasteiger partial charge >= 0.3 is 0 Å². The number of H-pyrrole nitrogens is 1. The van der Waals surface area contributed by atoms with Gasteiger partial charge in [-0.15, -0.1) is 0 Å². The van der Waals surface area contributed by atoms with Gasteiger partial charge < -0.3 is 5.73 Å². The van der Waals surface area contributed by atoms with Gasteiger partial charge in [-0.1, -0.05) is 20.3 Å². The van der Waals surface area contributed by atoms with Crippen molar-refractivity contribution in [1.29, 1.82) is 0 Å². The average molecular weight is 197 g/mol. The van der Waals surface area contributed by atoms with Crippen molar-refractivity contribution in [1.82, 2.24) is 9.78 Å². The van der Waals surface area contributed by atoms with Crippen LogP contribution in [0.15, 0.2) is 4.79 Å². The Morgan fingerprint density at radius 2 is 2.14 bits per heavy atom. The summed E-state index contributed by atoms with van der Waals surface area (Å²) in [5.74, 6) is 0. The van der Waals surface area contributed by atoms with Crippen molar-refractivity contribution in [3.63, 3.8) is 0 Å². The van der Waals surface area contributed by atoms with Gasteiger partial charge in [0.1, 0.15) is 5.69 Å². The van der Waals surface area contributed by atoms with Crippen LogP contribution in [0.2, 0.25) is 0 Å². The lowest BCUT2D eigenvalue weighted by atomic mass is 10.2. The van der Waals surface area contributed by atoms with Crippen LogP contribution >= 0.6 is 0 Å². The molecular formula is C10H19N3O. The molecule has 80 valence electrons. The molecule has 0 radical (unpaired) electrons. The third-order valence-electron chi connectivity index (χ3n) is 2.56. The highest BCUT2D eigenvalue weighted by Gasteiger charge is 2.13. The first-order chi connectivity index (χ1) is 6.61. The van der Waals surface area contributed by atoms with Crippen LogP contribution in [0.4, 0.5) is 5.69 Å². The number of aromatic amines is 1. The van der Waals surface area contributed by atoms with Crippen molar-refractivity contribution < 1.29 is 0 Å². The maximum absolute atomic E-state index is 11.7. The predicted octanol–water partition coefficient (Wildman–Crippen LogP) is 1.68. The Labute approximate surface area is 84.1 Å². The summed E-state index contributed by atoms with van der Waals surface area (Å²) in [4.78, 5) is 11.7. The van der Waals surface area contributed by atoms with E-state index in [0.29, 0.717) is 5.69 Å². The van der Waals surface area contributed by atoms with Crippen LogP contribution in [-0.2, 0) is 6.42 Å². The number of nitrogens with zero attached hydrogens (tertiary/aromatic N) is 1. The fourth-order valence-corrected chi connectivity index (χ4v) is 1.45. The fraction of sp³-hybridized carbons (Fsp3) is 0.700. The fourth-order valence-electron chi connectivity index (χ4n) is 1.45. The second kappa shape index (κ2) is 4.35. The van der Waals surface area contributed by atoms with Gasteiger partial charge in [-0.3, -0.25) is 9.89 Å². The quantitative estimate of drug-likeness (QED) is 0.771. The van der Waals surface area contributed by atoms with E-state index in [9.17, 15) is 4.79 Å². The molecule has 1 unspecified atom stereocenters. The molecule has 0 aliphatic carbocycles. The molecule has 3 N–H and O–H groups in total. The number of nitrogen functional groups attached to an aromatic ring is 1. The molecule has 0 fully saturated rings. The first-order valence-electron chi connectivity index (χ1n) is 5.20. The number of nitrogens with one attached hydrogen (secondary N) is 1. The van der Waals surface area contributed by atoms with Gasteiger partial charge in [-0.25, -0.2) is 4.68 Å². The molecule has 4 nitrogen and oxygen atoms in total. The van der Waals surface area contributed by atoms with Gasteiger partial charge in [-0.05, 0) is 19.8 Å². The lowest BCUT2D eigenvalue weighted by Crippen LogP contribution is -2.21. The van der Waals surface area contributed by atoms with Gasteiger partial charge in [-0.2, -0.15) is 0 Å². The second-order valence-electron chi connectivity index (χ2n) is 3.69. The maximum Gasteiger partial charge on any atom is 0.290 e. The van der Waals surface area contributed by atoms with E-state index in [1.165, 1.54) is 0 Å². The van der Waals surface area contributed by atoms with Crippen molar-refractivity contribution in [2.45, 2.75) is 46.1 Å². The van der Waals surface area contributed by atoms with Crippen molar-refractivity contribution in [2.24, 2.45) is 0 Å².